The Hall–Kier alpha value is -1.82. The third-order valence-electron chi connectivity index (χ3n) is 2.62. The Balaban J connectivity index is 2.14. The van der Waals surface area contributed by atoms with E-state index in [1.165, 1.54) is 23.5 Å². The maximum absolute atomic E-state index is 13.6. The maximum atomic E-state index is 13.6. The Bertz CT molecular complexity index is 686. The zero-order chi connectivity index (χ0) is 12.7. The molecule has 92 valence electrons. The summed E-state index contributed by atoms with van der Waals surface area (Å²) in [5, 5.41) is 5.25. The van der Waals surface area contributed by atoms with E-state index in [1.807, 2.05) is 6.92 Å². The van der Waals surface area contributed by atoms with Crippen LogP contribution in [0, 0.1) is 11.6 Å². The molecule has 0 atom stereocenters. The van der Waals surface area contributed by atoms with Crippen molar-refractivity contribution in [3.05, 3.63) is 41.0 Å². The fourth-order valence-electron chi connectivity index (χ4n) is 1.72. The summed E-state index contributed by atoms with van der Waals surface area (Å²) < 4.78 is 28.4. The molecule has 3 rings (SSSR count). The average Bonchev–Trinajstić information content (AvgIpc) is 2.90. The first kappa shape index (κ1) is 11.3. The van der Waals surface area contributed by atoms with Gasteiger partial charge in [0.05, 0.1) is 11.9 Å². The molecule has 18 heavy (non-hydrogen) atoms. The monoisotopic (exact) mass is 265 g/mol. The van der Waals surface area contributed by atoms with E-state index in [1.54, 1.807) is 10.7 Å². The summed E-state index contributed by atoms with van der Waals surface area (Å²) in [6.07, 6.45) is 2.44. The molecule has 0 spiro atoms. The van der Waals surface area contributed by atoms with Crippen LogP contribution in [-0.2, 0) is 6.42 Å². The van der Waals surface area contributed by atoms with E-state index in [4.69, 9.17) is 0 Å². The number of hydrogen-bond donors (Lipinski definition) is 0. The van der Waals surface area contributed by atoms with Crippen LogP contribution in [0.25, 0.3) is 16.2 Å². The van der Waals surface area contributed by atoms with Crippen molar-refractivity contribution in [1.29, 1.82) is 0 Å². The molecule has 0 N–H and O–H groups in total. The zero-order valence-electron chi connectivity index (χ0n) is 9.52. The van der Waals surface area contributed by atoms with Crippen LogP contribution >= 0.6 is 11.3 Å². The maximum Gasteiger partial charge on any atom is 0.212 e. The van der Waals surface area contributed by atoms with Gasteiger partial charge in [-0.2, -0.15) is 5.10 Å². The lowest BCUT2D eigenvalue weighted by molar-refractivity contribution is 0.511. The van der Waals surface area contributed by atoms with Crippen LogP contribution in [0.4, 0.5) is 8.78 Å². The molecule has 0 bridgehead atoms. The smallest absolute Gasteiger partial charge is 0.212 e. The van der Waals surface area contributed by atoms with Gasteiger partial charge in [-0.05, 0) is 18.6 Å². The standard InChI is InChI=1S/C12H9F2N3S/c1-2-10-16-17-6-9(15-12(17)18-10)7-4-3-5-8(13)11(7)14/h3-6H,2H2,1H3. The minimum atomic E-state index is -0.876. The molecule has 0 saturated heterocycles. The van der Waals surface area contributed by atoms with Crippen molar-refractivity contribution >= 4 is 16.3 Å². The van der Waals surface area contributed by atoms with Crippen LogP contribution in [0.1, 0.15) is 11.9 Å². The van der Waals surface area contributed by atoms with Crippen LogP contribution < -0.4 is 0 Å². The lowest BCUT2D eigenvalue weighted by Gasteiger charge is -1.98. The van der Waals surface area contributed by atoms with Crippen LogP contribution in [0.5, 0.6) is 0 Å². The van der Waals surface area contributed by atoms with E-state index in [-0.39, 0.29) is 5.56 Å². The lowest BCUT2D eigenvalue weighted by Crippen LogP contribution is -1.89. The van der Waals surface area contributed by atoms with Crippen LogP contribution in [-0.4, -0.2) is 14.6 Å². The van der Waals surface area contributed by atoms with Crippen molar-refractivity contribution in [3.8, 4) is 11.3 Å². The minimum Gasteiger partial charge on any atom is -0.217 e. The van der Waals surface area contributed by atoms with Gasteiger partial charge in [-0.15, -0.1) is 0 Å². The lowest BCUT2D eigenvalue weighted by atomic mass is 10.1. The highest BCUT2D eigenvalue weighted by molar-refractivity contribution is 7.16. The number of benzene rings is 1. The fourth-order valence-corrected chi connectivity index (χ4v) is 2.53. The number of nitrogens with zero attached hydrogens (tertiary/aromatic N) is 3. The highest BCUT2D eigenvalue weighted by Gasteiger charge is 2.14. The highest BCUT2D eigenvalue weighted by atomic mass is 32.1. The summed E-state index contributed by atoms with van der Waals surface area (Å²) >= 11 is 1.45. The second kappa shape index (κ2) is 4.13. The molecular formula is C12H9F2N3S. The van der Waals surface area contributed by atoms with Crippen LogP contribution in [0.3, 0.4) is 0 Å². The van der Waals surface area contributed by atoms with Crippen molar-refractivity contribution in [2.75, 3.05) is 0 Å². The number of aryl methyl sites for hydroxylation is 1. The van der Waals surface area contributed by atoms with Crippen molar-refractivity contribution in [2.45, 2.75) is 13.3 Å². The number of aromatic nitrogens is 3. The summed E-state index contributed by atoms with van der Waals surface area (Å²) in [4.78, 5) is 4.95. The molecule has 0 aliphatic heterocycles. The van der Waals surface area contributed by atoms with Crippen molar-refractivity contribution in [2.24, 2.45) is 0 Å². The largest absolute Gasteiger partial charge is 0.217 e. The number of halogens is 2. The Morgan fingerprint density at radius 2 is 2.17 bits per heavy atom. The zero-order valence-corrected chi connectivity index (χ0v) is 10.3. The Kier molecular flexibility index (Phi) is 2.59. The molecule has 0 unspecified atom stereocenters. The molecule has 3 aromatic rings. The minimum absolute atomic E-state index is 0.158. The second-order valence-electron chi connectivity index (χ2n) is 3.80. The normalized spacial score (nSPS) is 11.3. The molecule has 2 aromatic heterocycles. The first-order chi connectivity index (χ1) is 8.69. The van der Waals surface area contributed by atoms with E-state index in [9.17, 15) is 8.78 Å². The first-order valence-corrected chi connectivity index (χ1v) is 6.30. The molecule has 0 fully saturated rings. The number of imidazole rings is 1. The average molecular weight is 265 g/mol. The van der Waals surface area contributed by atoms with E-state index in [0.29, 0.717) is 10.7 Å². The van der Waals surface area contributed by atoms with Gasteiger partial charge in [0, 0.05) is 5.56 Å². The first-order valence-electron chi connectivity index (χ1n) is 5.48. The fraction of sp³-hybridized carbons (Fsp3) is 0.167. The molecule has 2 heterocycles. The van der Waals surface area contributed by atoms with Gasteiger partial charge in [-0.25, -0.2) is 18.3 Å². The quantitative estimate of drug-likeness (QED) is 0.711. The number of hydrogen-bond acceptors (Lipinski definition) is 3. The van der Waals surface area contributed by atoms with E-state index < -0.39 is 11.6 Å². The summed E-state index contributed by atoms with van der Waals surface area (Å²) in [7, 11) is 0. The van der Waals surface area contributed by atoms with Gasteiger partial charge < -0.3 is 0 Å². The molecule has 1 aromatic carbocycles. The van der Waals surface area contributed by atoms with Gasteiger partial charge in [-0.3, -0.25) is 0 Å². The molecular weight excluding hydrogens is 256 g/mol. The van der Waals surface area contributed by atoms with Gasteiger partial charge >= 0.3 is 0 Å². The molecule has 0 aliphatic rings. The third kappa shape index (κ3) is 1.69. The van der Waals surface area contributed by atoms with Crippen molar-refractivity contribution in [3.63, 3.8) is 0 Å². The van der Waals surface area contributed by atoms with E-state index >= 15 is 0 Å². The SMILES string of the molecule is CCc1nn2cc(-c3cccc(F)c3F)nc2s1. The molecule has 6 heteroatoms. The predicted octanol–water partition coefficient (Wildman–Crippen LogP) is 3.30. The second-order valence-corrected chi connectivity index (χ2v) is 4.84. The highest BCUT2D eigenvalue weighted by Crippen LogP contribution is 2.25. The predicted molar refractivity (Wildman–Crippen MR) is 65.6 cm³/mol. The topological polar surface area (TPSA) is 30.2 Å². The van der Waals surface area contributed by atoms with Crippen LogP contribution in [0.2, 0.25) is 0 Å². The summed E-state index contributed by atoms with van der Waals surface area (Å²) in [5.74, 6) is -1.75. The number of fused-ring (bicyclic) bond motifs is 1. The van der Waals surface area contributed by atoms with Gasteiger partial charge in [0.2, 0.25) is 4.96 Å². The Morgan fingerprint density at radius 1 is 1.33 bits per heavy atom. The number of rotatable bonds is 2. The van der Waals surface area contributed by atoms with Gasteiger partial charge in [0.25, 0.3) is 0 Å². The molecule has 0 aliphatic carbocycles. The van der Waals surface area contributed by atoms with E-state index in [2.05, 4.69) is 10.1 Å². The van der Waals surface area contributed by atoms with Gasteiger partial charge in [0.1, 0.15) is 5.01 Å². The molecule has 0 saturated carbocycles. The molecule has 0 amide bonds. The summed E-state index contributed by atoms with van der Waals surface area (Å²) in [6.45, 7) is 2.01. The third-order valence-corrected chi connectivity index (χ3v) is 3.68. The molecule has 0 radical (unpaired) electrons. The Morgan fingerprint density at radius 3 is 2.89 bits per heavy atom. The van der Waals surface area contributed by atoms with Gasteiger partial charge in [-0.1, -0.05) is 24.3 Å². The van der Waals surface area contributed by atoms with E-state index in [0.717, 1.165) is 17.5 Å². The van der Waals surface area contributed by atoms with Crippen molar-refractivity contribution < 1.29 is 8.78 Å². The molecule has 3 nitrogen and oxygen atoms in total. The summed E-state index contributed by atoms with van der Waals surface area (Å²) in [6, 6.07) is 4.06. The summed E-state index contributed by atoms with van der Waals surface area (Å²) in [5.41, 5.74) is 0.555. The van der Waals surface area contributed by atoms with Crippen molar-refractivity contribution in [1.82, 2.24) is 14.6 Å². The van der Waals surface area contributed by atoms with Gasteiger partial charge in [0.15, 0.2) is 11.6 Å². The Labute approximate surface area is 106 Å². The van der Waals surface area contributed by atoms with Crippen LogP contribution in [0.15, 0.2) is 24.4 Å².